The molecule has 2 aromatic rings. The molecule has 0 bridgehead atoms. The Kier molecular flexibility index (Phi) is 10.2. The Hall–Kier alpha value is -2.88. The predicted octanol–water partition coefficient (Wildman–Crippen LogP) is 4.83. The van der Waals surface area contributed by atoms with Gasteiger partial charge in [-0.2, -0.15) is 34.8 Å². The number of aliphatic hydroxyl groups is 1. The summed E-state index contributed by atoms with van der Waals surface area (Å²) in [5, 5.41) is 9.74. The second-order valence-electron chi connectivity index (χ2n) is 10.6. The minimum Gasteiger partial charge on any atom is -0.396 e. The molecule has 3 unspecified atom stereocenters. The van der Waals surface area contributed by atoms with Gasteiger partial charge in [0.05, 0.1) is 23.4 Å². The third-order valence-electron chi connectivity index (χ3n) is 7.27. The van der Waals surface area contributed by atoms with E-state index in [2.05, 4.69) is 4.90 Å². The Morgan fingerprint density at radius 2 is 1.57 bits per heavy atom. The van der Waals surface area contributed by atoms with Crippen LogP contribution in [-0.4, -0.2) is 84.4 Å². The topological polar surface area (TPSA) is 101 Å². The van der Waals surface area contributed by atoms with E-state index in [-0.39, 0.29) is 36.2 Å². The van der Waals surface area contributed by atoms with Gasteiger partial charge in [0.15, 0.2) is 0 Å². The summed E-state index contributed by atoms with van der Waals surface area (Å²) in [6.07, 6.45) is -8.54. The van der Waals surface area contributed by atoms with Gasteiger partial charge in [-0.25, -0.2) is 4.79 Å². The number of hydrogen-bond donors (Lipinski definition) is 2. The van der Waals surface area contributed by atoms with Crippen molar-refractivity contribution in [2.24, 2.45) is 5.92 Å². The van der Waals surface area contributed by atoms with Crippen molar-refractivity contribution in [2.45, 2.75) is 44.3 Å². The summed E-state index contributed by atoms with van der Waals surface area (Å²) in [6.45, 7) is 3.14. The van der Waals surface area contributed by atoms with Gasteiger partial charge >= 0.3 is 18.4 Å². The second kappa shape index (κ2) is 12.8. The third-order valence-corrected chi connectivity index (χ3v) is 7.27. The number of halogens is 6. The van der Waals surface area contributed by atoms with Gasteiger partial charge in [0.2, 0.25) is 0 Å². The lowest BCUT2D eigenvalue weighted by Gasteiger charge is -2.46. The van der Waals surface area contributed by atoms with Crippen LogP contribution < -0.4 is 0 Å². The van der Waals surface area contributed by atoms with E-state index in [0.29, 0.717) is 44.4 Å². The number of piperazine rings is 1. The van der Waals surface area contributed by atoms with Crippen molar-refractivity contribution >= 4 is 16.1 Å². The lowest BCUT2D eigenvalue weighted by Crippen LogP contribution is -2.56. The van der Waals surface area contributed by atoms with Crippen LogP contribution in [0.15, 0.2) is 42.5 Å². The van der Waals surface area contributed by atoms with E-state index in [1.165, 1.54) is 7.05 Å². The molecule has 2 saturated heterocycles. The van der Waals surface area contributed by atoms with Crippen LogP contribution in [0.25, 0.3) is 0 Å². The lowest BCUT2D eigenvalue weighted by atomic mass is 9.89. The van der Waals surface area contributed by atoms with Gasteiger partial charge in [0, 0.05) is 45.9 Å². The quantitative estimate of drug-likeness (QED) is 0.373. The maximum Gasteiger partial charge on any atom is 0.416 e. The number of aryl methyl sites for hydroxylation is 1. The average Bonchev–Trinajstić information content (AvgIpc) is 3.29. The summed E-state index contributed by atoms with van der Waals surface area (Å²) in [4.78, 5) is 18.7. The number of alkyl halides is 6. The number of aliphatic hydroxyl groups excluding tert-OH is 1. The van der Waals surface area contributed by atoms with Crippen LogP contribution in [0.4, 0.5) is 31.1 Å². The highest BCUT2D eigenvalue weighted by atomic mass is 32.2. The molecule has 2 fully saturated rings. The number of fused-ring (bicyclic) bond motifs is 1. The minimum absolute atomic E-state index is 0.0262. The van der Waals surface area contributed by atoms with Crippen molar-refractivity contribution in [1.82, 2.24) is 14.7 Å². The monoisotopic (exact) mass is 625 g/mol. The molecular formula is C27H33F6N3O5S. The lowest BCUT2D eigenvalue weighted by molar-refractivity contribution is -0.143. The van der Waals surface area contributed by atoms with Crippen molar-refractivity contribution in [2.75, 3.05) is 39.5 Å². The summed E-state index contributed by atoms with van der Waals surface area (Å²) in [7, 11) is -2.29. The van der Waals surface area contributed by atoms with E-state index < -0.39 is 46.2 Å². The first-order chi connectivity index (χ1) is 19.3. The summed E-state index contributed by atoms with van der Waals surface area (Å²) in [5.74, 6) is 0.0650. The van der Waals surface area contributed by atoms with Crippen molar-refractivity contribution in [1.29, 1.82) is 0 Å². The number of benzene rings is 2. The van der Waals surface area contributed by atoms with E-state index in [0.717, 1.165) is 16.0 Å². The molecule has 42 heavy (non-hydrogen) atoms. The van der Waals surface area contributed by atoms with Crippen molar-refractivity contribution in [3.8, 4) is 0 Å². The number of hydrogen-bond acceptors (Lipinski definition) is 5. The summed E-state index contributed by atoms with van der Waals surface area (Å²) in [5.41, 5.74) is -1.19. The van der Waals surface area contributed by atoms with Crippen LogP contribution in [-0.2, 0) is 29.0 Å². The average molecular weight is 626 g/mol. The molecule has 0 radical (unpaired) electrons. The number of urea groups is 1. The zero-order valence-corrected chi connectivity index (χ0v) is 24.0. The summed E-state index contributed by atoms with van der Waals surface area (Å²) < 4.78 is 106. The number of carbonyl (C=O) groups excluding carboxylic acids is 1. The van der Waals surface area contributed by atoms with E-state index in [1.54, 1.807) is 4.90 Å². The molecule has 2 N–H and O–H groups in total. The van der Waals surface area contributed by atoms with Crippen molar-refractivity contribution in [3.05, 3.63) is 70.3 Å². The Morgan fingerprint density at radius 3 is 2.07 bits per heavy atom. The molecule has 0 aromatic heterocycles. The molecule has 2 amide bonds. The van der Waals surface area contributed by atoms with Gasteiger partial charge in [-0.1, -0.05) is 24.3 Å². The Labute approximate surface area is 240 Å². The standard InChI is InChI=1S/C26H29F6N3O2.CH4O3S/c1-16-5-3-4-6-21(16)23-22-11-18(15-36)14-34(22)7-8-35(23)24(37)33(2)13-17-9-19(25(27,28)29)12-20(10-17)26(30,31)32;1-5(2,3)4/h3-6,9-10,12,18,22-23,36H,7-8,11,13-15H2,1-2H3;1H3,(H,2,3,4). The van der Waals surface area contributed by atoms with Gasteiger partial charge in [0.25, 0.3) is 10.1 Å². The molecule has 0 saturated carbocycles. The van der Waals surface area contributed by atoms with Gasteiger partial charge in [-0.3, -0.25) is 9.45 Å². The first kappa shape index (κ1) is 33.6. The van der Waals surface area contributed by atoms with Gasteiger partial charge in [-0.15, -0.1) is 0 Å². The van der Waals surface area contributed by atoms with Crippen LogP contribution in [0, 0.1) is 12.8 Å². The van der Waals surface area contributed by atoms with E-state index in [9.17, 15) is 44.7 Å². The minimum atomic E-state index is -4.96. The van der Waals surface area contributed by atoms with E-state index in [4.69, 9.17) is 4.55 Å². The highest BCUT2D eigenvalue weighted by Gasteiger charge is 2.46. The summed E-state index contributed by atoms with van der Waals surface area (Å²) in [6, 6.07) is 8.09. The predicted molar refractivity (Wildman–Crippen MR) is 142 cm³/mol. The Bertz CT molecular complexity index is 1330. The molecule has 2 aromatic carbocycles. The molecule has 3 atom stereocenters. The highest BCUT2D eigenvalue weighted by Crippen LogP contribution is 2.41. The molecule has 15 heteroatoms. The molecule has 2 heterocycles. The van der Waals surface area contributed by atoms with Gasteiger partial charge in [-0.05, 0) is 54.2 Å². The molecule has 4 rings (SSSR count). The van der Waals surface area contributed by atoms with Crippen LogP contribution in [0.1, 0.15) is 40.3 Å². The summed E-state index contributed by atoms with van der Waals surface area (Å²) >= 11 is 0. The normalized spacial score (nSPS) is 21.4. The molecule has 8 nitrogen and oxygen atoms in total. The SMILES string of the molecule is CS(=O)(=O)O.Cc1ccccc1C1C2CC(CO)CN2CCN1C(=O)N(C)Cc1cc(C(F)(F)F)cc(C(F)(F)F)c1. The second-order valence-corrected chi connectivity index (χ2v) is 12.1. The van der Waals surface area contributed by atoms with Gasteiger partial charge < -0.3 is 14.9 Å². The molecule has 0 spiro atoms. The fourth-order valence-corrected chi connectivity index (χ4v) is 5.51. The zero-order chi connectivity index (χ0) is 31.6. The third kappa shape index (κ3) is 8.58. The highest BCUT2D eigenvalue weighted by molar-refractivity contribution is 7.85. The van der Waals surface area contributed by atoms with Gasteiger partial charge in [0.1, 0.15) is 0 Å². The van der Waals surface area contributed by atoms with Crippen LogP contribution >= 0.6 is 0 Å². The fraction of sp³-hybridized carbons (Fsp3) is 0.519. The number of amides is 2. The fourth-order valence-electron chi connectivity index (χ4n) is 5.51. The van der Waals surface area contributed by atoms with Crippen LogP contribution in [0.3, 0.4) is 0 Å². The Morgan fingerprint density at radius 1 is 1.02 bits per heavy atom. The van der Waals surface area contributed by atoms with Crippen molar-refractivity contribution < 1.29 is 49.2 Å². The molecule has 0 aliphatic carbocycles. The van der Waals surface area contributed by atoms with Crippen molar-refractivity contribution in [3.63, 3.8) is 0 Å². The zero-order valence-electron chi connectivity index (χ0n) is 23.2. The van der Waals surface area contributed by atoms with Crippen LogP contribution in [0.5, 0.6) is 0 Å². The number of nitrogens with zero attached hydrogens (tertiary/aromatic N) is 3. The molecular weight excluding hydrogens is 592 g/mol. The molecule has 234 valence electrons. The smallest absolute Gasteiger partial charge is 0.396 e. The number of carbonyl (C=O) groups is 1. The number of rotatable bonds is 4. The molecule has 2 aliphatic rings. The largest absolute Gasteiger partial charge is 0.416 e. The van der Waals surface area contributed by atoms with E-state index in [1.807, 2.05) is 31.2 Å². The first-order valence-electron chi connectivity index (χ1n) is 12.9. The molecule has 2 aliphatic heterocycles. The van der Waals surface area contributed by atoms with Crippen LogP contribution in [0.2, 0.25) is 0 Å². The maximum atomic E-state index is 13.6. The van der Waals surface area contributed by atoms with E-state index >= 15 is 0 Å². The maximum absolute atomic E-state index is 13.6. The Balaban J connectivity index is 0.000000892. The first-order valence-corrected chi connectivity index (χ1v) is 14.8.